The van der Waals surface area contributed by atoms with E-state index in [-0.39, 0.29) is 29.4 Å². The van der Waals surface area contributed by atoms with Crippen molar-refractivity contribution in [1.82, 2.24) is 9.88 Å². The molecule has 0 spiro atoms. The molecule has 3 aromatic rings. The summed E-state index contributed by atoms with van der Waals surface area (Å²) in [5.74, 6) is -0.0533. The Kier molecular flexibility index (Phi) is 10.9. The van der Waals surface area contributed by atoms with Gasteiger partial charge in [0.2, 0.25) is 0 Å². The normalized spacial score (nSPS) is 17.9. The maximum atomic E-state index is 13.5. The van der Waals surface area contributed by atoms with Crippen molar-refractivity contribution in [3.8, 4) is 16.2 Å². The number of ether oxygens (including phenoxy) is 5. The second kappa shape index (κ2) is 14.5. The Labute approximate surface area is 278 Å². The quantitative estimate of drug-likeness (QED) is 0.0749. The first kappa shape index (κ1) is 36.0. The van der Waals surface area contributed by atoms with Crippen LogP contribution in [0.5, 0.6) is 5.75 Å². The number of amides is 1. The Bertz CT molecular complexity index is 1620. The SMILES string of the molecule is CC(C)(C)OC(=O)O[C@H]1CN(C(=O)OC(C)(C)C)[C@H](Cc2ccc(-c3cnc(C(F)F)s3)cc2)[C@@H]1OC(=O)Oc1ccc([N+](=O)[O-])cc1. The first-order chi connectivity index (χ1) is 22.4. The zero-order chi connectivity index (χ0) is 35.4. The molecular formula is C32H35F2N3O10S. The molecule has 0 radical (unpaired) electrons. The lowest BCUT2D eigenvalue weighted by Crippen LogP contribution is -2.45. The van der Waals surface area contributed by atoms with Crippen LogP contribution in [0.3, 0.4) is 0 Å². The zero-order valence-corrected chi connectivity index (χ0v) is 27.8. The van der Waals surface area contributed by atoms with E-state index >= 15 is 0 Å². The summed E-state index contributed by atoms with van der Waals surface area (Å²) in [5.41, 5.74) is -0.734. The van der Waals surface area contributed by atoms with Crippen LogP contribution in [0.15, 0.2) is 54.7 Å². The molecule has 0 bridgehead atoms. The number of benzene rings is 2. The predicted molar refractivity (Wildman–Crippen MR) is 168 cm³/mol. The highest BCUT2D eigenvalue weighted by Crippen LogP contribution is 2.33. The smallest absolute Gasteiger partial charge is 0.444 e. The lowest BCUT2D eigenvalue weighted by atomic mass is 9.99. The van der Waals surface area contributed by atoms with E-state index in [0.29, 0.717) is 16.0 Å². The fourth-order valence-corrected chi connectivity index (χ4v) is 5.49. The monoisotopic (exact) mass is 691 g/mol. The molecule has 4 rings (SSSR count). The van der Waals surface area contributed by atoms with Gasteiger partial charge in [-0.1, -0.05) is 24.3 Å². The number of nitrogens with zero attached hydrogens (tertiary/aromatic N) is 3. The van der Waals surface area contributed by atoms with Crippen LogP contribution in [0.25, 0.3) is 10.4 Å². The first-order valence-corrected chi connectivity index (χ1v) is 15.6. The maximum absolute atomic E-state index is 13.5. The van der Waals surface area contributed by atoms with Crippen LogP contribution in [0.2, 0.25) is 0 Å². The van der Waals surface area contributed by atoms with Gasteiger partial charge in [-0.3, -0.25) is 15.0 Å². The van der Waals surface area contributed by atoms with Crippen LogP contribution < -0.4 is 4.74 Å². The van der Waals surface area contributed by atoms with E-state index in [2.05, 4.69) is 4.98 Å². The third-order valence-electron chi connectivity index (χ3n) is 6.66. The molecule has 1 aromatic heterocycles. The minimum Gasteiger partial charge on any atom is -0.444 e. The van der Waals surface area contributed by atoms with E-state index in [1.807, 2.05) is 0 Å². The number of carbonyl (C=O) groups excluding carboxylic acids is 3. The van der Waals surface area contributed by atoms with Gasteiger partial charge in [-0.2, -0.15) is 0 Å². The average molecular weight is 692 g/mol. The van der Waals surface area contributed by atoms with Crippen LogP contribution in [-0.4, -0.2) is 69.2 Å². The van der Waals surface area contributed by atoms with Gasteiger partial charge in [0.05, 0.1) is 22.4 Å². The van der Waals surface area contributed by atoms with Gasteiger partial charge in [0.1, 0.15) is 17.0 Å². The number of hydrogen-bond donors (Lipinski definition) is 0. The van der Waals surface area contributed by atoms with Gasteiger partial charge in [0.25, 0.3) is 12.1 Å². The van der Waals surface area contributed by atoms with Gasteiger partial charge < -0.3 is 23.7 Å². The summed E-state index contributed by atoms with van der Waals surface area (Å²) in [6.45, 7) is 9.71. The number of nitro groups is 1. The van der Waals surface area contributed by atoms with Crippen molar-refractivity contribution in [3.05, 3.63) is 75.4 Å². The molecule has 16 heteroatoms. The van der Waals surface area contributed by atoms with Gasteiger partial charge in [-0.25, -0.2) is 28.1 Å². The molecule has 13 nitrogen and oxygen atoms in total. The summed E-state index contributed by atoms with van der Waals surface area (Å²) in [5, 5.41) is 10.7. The van der Waals surface area contributed by atoms with E-state index in [9.17, 15) is 33.3 Å². The molecular weight excluding hydrogens is 656 g/mol. The van der Waals surface area contributed by atoms with Crippen molar-refractivity contribution in [1.29, 1.82) is 0 Å². The Morgan fingerprint density at radius 2 is 1.58 bits per heavy atom. The lowest BCUT2D eigenvalue weighted by Gasteiger charge is -2.30. The Morgan fingerprint density at radius 1 is 0.958 bits per heavy atom. The Hall–Kier alpha value is -4.86. The molecule has 1 saturated heterocycles. The number of non-ortho nitro benzene ring substituents is 1. The van der Waals surface area contributed by atoms with Gasteiger partial charge in [0.15, 0.2) is 17.2 Å². The number of aromatic nitrogens is 1. The van der Waals surface area contributed by atoms with Crippen molar-refractivity contribution in [2.45, 2.75) is 83.8 Å². The summed E-state index contributed by atoms with van der Waals surface area (Å²) in [7, 11) is 0. The van der Waals surface area contributed by atoms with Gasteiger partial charge in [0, 0.05) is 18.3 Å². The highest BCUT2D eigenvalue weighted by atomic mass is 32.1. The molecule has 48 heavy (non-hydrogen) atoms. The Balaban J connectivity index is 1.64. The van der Waals surface area contributed by atoms with Crippen LogP contribution in [0.1, 0.15) is 58.5 Å². The number of carbonyl (C=O) groups is 3. The number of alkyl halides is 2. The summed E-state index contributed by atoms with van der Waals surface area (Å²) in [6.07, 6.45) is -6.80. The molecule has 0 saturated carbocycles. The van der Waals surface area contributed by atoms with E-state index in [4.69, 9.17) is 23.7 Å². The second-order valence-corrected chi connectivity index (χ2v) is 13.8. The van der Waals surface area contributed by atoms with Crippen molar-refractivity contribution in [3.63, 3.8) is 0 Å². The predicted octanol–water partition coefficient (Wildman–Crippen LogP) is 7.72. The molecule has 1 amide bonds. The molecule has 2 heterocycles. The molecule has 3 atom stereocenters. The van der Waals surface area contributed by atoms with Crippen molar-refractivity contribution >= 4 is 35.4 Å². The lowest BCUT2D eigenvalue weighted by molar-refractivity contribution is -0.384. The number of halogens is 2. The van der Waals surface area contributed by atoms with Crippen LogP contribution in [0.4, 0.5) is 28.9 Å². The maximum Gasteiger partial charge on any atom is 0.514 e. The molecule has 1 aliphatic heterocycles. The molecule has 1 aliphatic rings. The highest BCUT2D eigenvalue weighted by molar-refractivity contribution is 7.15. The van der Waals surface area contributed by atoms with Gasteiger partial charge in [-0.05, 0) is 71.2 Å². The van der Waals surface area contributed by atoms with E-state index in [0.717, 1.165) is 23.5 Å². The Morgan fingerprint density at radius 3 is 2.12 bits per heavy atom. The van der Waals surface area contributed by atoms with Gasteiger partial charge in [-0.15, -0.1) is 11.3 Å². The van der Waals surface area contributed by atoms with E-state index in [1.165, 1.54) is 23.2 Å². The van der Waals surface area contributed by atoms with Crippen molar-refractivity contribution in [2.75, 3.05) is 6.54 Å². The molecule has 1 fully saturated rings. The van der Waals surface area contributed by atoms with Crippen LogP contribution in [0, 0.1) is 10.1 Å². The molecule has 0 N–H and O–H groups in total. The standard InChI is InChI=1S/C32H35F2N3O10S/c1-31(2,3)46-28(38)36-17-23(44-30(40)47-32(4,5)6)25(45-29(39)43-21-13-11-20(12-14-21)37(41)42)22(36)15-18-7-9-19(10-8-18)24-16-35-27(48-24)26(33)34/h7-14,16,22-23,25-26H,15,17H2,1-6H3/t22-,23+,25+/m1/s1. The minimum atomic E-state index is -2.69. The molecule has 258 valence electrons. The van der Waals surface area contributed by atoms with Crippen molar-refractivity contribution in [2.24, 2.45) is 0 Å². The summed E-state index contributed by atoms with van der Waals surface area (Å²) < 4.78 is 53.6. The number of likely N-dealkylation sites (tertiary alicyclic amines) is 1. The highest BCUT2D eigenvalue weighted by Gasteiger charge is 2.50. The van der Waals surface area contributed by atoms with E-state index in [1.54, 1.807) is 65.8 Å². The minimum absolute atomic E-state index is 0.0533. The van der Waals surface area contributed by atoms with Gasteiger partial charge >= 0.3 is 18.4 Å². The van der Waals surface area contributed by atoms with Crippen LogP contribution in [-0.2, 0) is 25.4 Å². The zero-order valence-electron chi connectivity index (χ0n) is 27.0. The number of hydrogen-bond acceptors (Lipinski definition) is 12. The molecule has 0 aliphatic carbocycles. The summed E-state index contributed by atoms with van der Waals surface area (Å²) in [4.78, 5) is 55.2. The number of nitro benzene ring substituents is 1. The summed E-state index contributed by atoms with van der Waals surface area (Å²) in [6, 6.07) is 10.6. The van der Waals surface area contributed by atoms with E-state index < -0.39 is 59.2 Å². The largest absolute Gasteiger partial charge is 0.514 e. The average Bonchev–Trinajstić information content (AvgIpc) is 3.58. The second-order valence-electron chi connectivity index (χ2n) is 12.8. The fourth-order valence-electron chi connectivity index (χ4n) is 4.71. The molecule has 0 unspecified atom stereocenters. The fraction of sp³-hybridized carbons (Fsp3) is 0.438. The summed E-state index contributed by atoms with van der Waals surface area (Å²) >= 11 is 0.867. The first-order valence-electron chi connectivity index (χ1n) is 14.7. The van der Waals surface area contributed by atoms with Crippen LogP contribution >= 0.6 is 11.3 Å². The van der Waals surface area contributed by atoms with Crippen molar-refractivity contribution < 1.29 is 51.8 Å². The molecule has 2 aromatic carbocycles. The third-order valence-corrected chi connectivity index (χ3v) is 7.72. The topological polar surface area (TPSA) is 157 Å². The third kappa shape index (κ3) is 9.82. The number of thiazole rings is 1. The number of rotatable bonds is 8.